The quantitative estimate of drug-likeness (QED) is 0.662. The second kappa shape index (κ2) is 7.02. The second-order valence-electron chi connectivity index (χ2n) is 6.08. The molecule has 0 amide bonds. The molecule has 0 aromatic rings. The fraction of sp³-hybridized carbons (Fsp3) is 1.00. The smallest absolute Gasteiger partial charge is 0.0702 e. The van der Waals surface area contributed by atoms with Gasteiger partial charge in [-0.3, -0.25) is 4.90 Å². The minimum Gasteiger partial charge on any atom is -0.394 e. The van der Waals surface area contributed by atoms with E-state index in [1.165, 1.54) is 25.7 Å². The van der Waals surface area contributed by atoms with E-state index in [-0.39, 0.29) is 12.1 Å². The van der Waals surface area contributed by atoms with Crippen LogP contribution in [0, 0.1) is 5.92 Å². The summed E-state index contributed by atoms with van der Waals surface area (Å²) >= 11 is 0. The first kappa shape index (κ1) is 15.2. The third-order valence-corrected chi connectivity index (χ3v) is 4.61. The third-order valence-electron chi connectivity index (χ3n) is 4.61. The molecule has 4 heteroatoms. The predicted molar refractivity (Wildman–Crippen MR) is 77.3 cm³/mol. The van der Waals surface area contributed by atoms with Gasteiger partial charge >= 0.3 is 0 Å². The van der Waals surface area contributed by atoms with Gasteiger partial charge in [0.15, 0.2) is 0 Å². The van der Waals surface area contributed by atoms with Crippen molar-refractivity contribution < 1.29 is 9.84 Å². The number of aliphatic hydroxyl groups excluding tert-OH is 1. The molecule has 1 aliphatic carbocycles. The summed E-state index contributed by atoms with van der Waals surface area (Å²) in [5, 5.41) is 13.5. The standard InChI is InChI=1S/C15H30N2O2/c1-3-16-15(12-18,13-7-8-13)11-17(4-2)10-14-6-5-9-19-14/h13-14,16,18H,3-12H2,1-2H3. The molecule has 2 rings (SSSR count). The van der Waals surface area contributed by atoms with Crippen molar-refractivity contribution in [3.8, 4) is 0 Å². The highest BCUT2D eigenvalue weighted by Crippen LogP contribution is 2.40. The molecular weight excluding hydrogens is 240 g/mol. The Morgan fingerprint density at radius 1 is 1.32 bits per heavy atom. The van der Waals surface area contributed by atoms with Crippen molar-refractivity contribution >= 4 is 0 Å². The fourth-order valence-electron chi connectivity index (χ4n) is 3.33. The van der Waals surface area contributed by atoms with Crippen LogP contribution in [0.5, 0.6) is 0 Å². The Morgan fingerprint density at radius 3 is 2.58 bits per heavy atom. The Hall–Kier alpha value is -0.160. The summed E-state index contributed by atoms with van der Waals surface area (Å²) in [6.07, 6.45) is 5.30. The molecule has 0 spiro atoms. The first-order chi connectivity index (χ1) is 9.24. The average Bonchev–Trinajstić information content (AvgIpc) is 3.16. The van der Waals surface area contributed by atoms with E-state index in [9.17, 15) is 5.11 Å². The van der Waals surface area contributed by atoms with Gasteiger partial charge in [-0.05, 0) is 44.7 Å². The Kier molecular flexibility index (Phi) is 5.63. The van der Waals surface area contributed by atoms with Gasteiger partial charge < -0.3 is 15.2 Å². The van der Waals surface area contributed by atoms with Crippen LogP contribution in [0.1, 0.15) is 39.5 Å². The lowest BCUT2D eigenvalue weighted by molar-refractivity contribution is 0.0453. The minimum atomic E-state index is -0.0939. The number of rotatable bonds is 9. The molecule has 0 bridgehead atoms. The average molecular weight is 270 g/mol. The lowest BCUT2D eigenvalue weighted by Gasteiger charge is -2.38. The summed E-state index contributed by atoms with van der Waals surface area (Å²) < 4.78 is 5.74. The second-order valence-corrected chi connectivity index (χ2v) is 6.08. The minimum absolute atomic E-state index is 0.0939. The molecular formula is C15H30N2O2. The summed E-state index contributed by atoms with van der Waals surface area (Å²) in [4.78, 5) is 2.45. The van der Waals surface area contributed by atoms with Gasteiger partial charge in [-0.25, -0.2) is 0 Å². The zero-order valence-corrected chi connectivity index (χ0v) is 12.5. The van der Waals surface area contributed by atoms with E-state index in [1.54, 1.807) is 0 Å². The van der Waals surface area contributed by atoms with Gasteiger partial charge in [-0.2, -0.15) is 0 Å². The number of ether oxygens (including phenoxy) is 1. The summed E-state index contributed by atoms with van der Waals surface area (Å²) in [5.41, 5.74) is -0.0939. The maximum atomic E-state index is 9.90. The van der Waals surface area contributed by atoms with Gasteiger partial charge in [0.25, 0.3) is 0 Å². The van der Waals surface area contributed by atoms with Crippen LogP contribution in [0.3, 0.4) is 0 Å². The van der Waals surface area contributed by atoms with Crippen molar-refractivity contribution in [2.45, 2.75) is 51.2 Å². The van der Waals surface area contributed by atoms with Gasteiger partial charge in [-0.15, -0.1) is 0 Å². The molecule has 4 nitrogen and oxygen atoms in total. The molecule has 2 unspecified atom stereocenters. The van der Waals surface area contributed by atoms with Crippen molar-refractivity contribution in [3.05, 3.63) is 0 Å². The molecule has 1 heterocycles. The zero-order valence-electron chi connectivity index (χ0n) is 12.5. The third kappa shape index (κ3) is 3.91. The Bertz CT molecular complexity index is 265. The van der Waals surface area contributed by atoms with E-state index < -0.39 is 0 Å². The summed E-state index contributed by atoms with van der Waals surface area (Å²) in [6.45, 7) is 9.40. The topological polar surface area (TPSA) is 44.7 Å². The molecule has 0 aromatic heterocycles. The number of aliphatic hydroxyl groups is 1. The Balaban J connectivity index is 1.92. The van der Waals surface area contributed by atoms with Crippen LogP contribution >= 0.6 is 0 Å². The van der Waals surface area contributed by atoms with Crippen molar-refractivity contribution in [1.82, 2.24) is 10.2 Å². The van der Waals surface area contributed by atoms with Gasteiger partial charge in [0.1, 0.15) is 0 Å². The van der Waals surface area contributed by atoms with Crippen LogP contribution < -0.4 is 5.32 Å². The molecule has 2 fully saturated rings. The van der Waals surface area contributed by atoms with E-state index in [1.807, 2.05) is 0 Å². The summed E-state index contributed by atoms with van der Waals surface area (Å²) in [5.74, 6) is 0.649. The molecule has 2 atom stereocenters. The predicted octanol–water partition coefficient (Wildman–Crippen LogP) is 1.24. The van der Waals surface area contributed by atoms with Crippen molar-refractivity contribution in [2.75, 3.05) is 39.4 Å². The van der Waals surface area contributed by atoms with Gasteiger partial charge in [0.2, 0.25) is 0 Å². The van der Waals surface area contributed by atoms with E-state index in [2.05, 4.69) is 24.1 Å². The normalized spacial score (nSPS) is 26.8. The van der Waals surface area contributed by atoms with E-state index in [0.717, 1.165) is 32.8 Å². The molecule has 112 valence electrons. The molecule has 0 aromatic carbocycles. The van der Waals surface area contributed by atoms with Crippen LogP contribution in [0.15, 0.2) is 0 Å². The molecule has 1 saturated heterocycles. The molecule has 1 aliphatic heterocycles. The van der Waals surface area contributed by atoms with Crippen LogP contribution in [-0.4, -0.2) is 61.0 Å². The highest BCUT2D eigenvalue weighted by molar-refractivity contribution is 5.02. The molecule has 2 N–H and O–H groups in total. The van der Waals surface area contributed by atoms with Gasteiger partial charge in [-0.1, -0.05) is 13.8 Å². The van der Waals surface area contributed by atoms with E-state index >= 15 is 0 Å². The molecule has 19 heavy (non-hydrogen) atoms. The molecule has 0 radical (unpaired) electrons. The van der Waals surface area contributed by atoms with E-state index in [0.29, 0.717) is 12.0 Å². The Labute approximate surface area is 117 Å². The lowest BCUT2D eigenvalue weighted by Crippen LogP contribution is -2.58. The number of likely N-dealkylation sites (N-methyl/N-ethyl adjacent to an activating group) is 2. The van der Waals surface area contributed by atoms with Crippen LogP contribution in [-0.2, 0) is 4.74 Å². The first-order valence-electron chi connectivity index (χ1n) is 7.94. The fourth-order valence-corrected chi connectivity index (χ4v) is 3.33. The Morgan fingerprint density at radius 2 is 2.11 bits per heavy atom. The van der Waals surface area contributed by atoms with Gasteiger partial charge in [0.05, 0.1) is 18.2 Å². The highest BCUT2D eigenvalue weighted by Gasteiger charge is 2.45. The summed E-state index contributed by atoms with van der Waals surface area (Å²) in [6, 6.07) is 0. The van der Waals surface area contributed by atoms with Crippen molar-refractivity contribution in [3.63, 3.8) is 0 Å². The largest absolute Gasteiger partial charge is 0.394 e. The van der Waals surface area contributed by atoms with Crippen LogP contribution in [0.2, 0.25) is 0 Å². The number of hydrogen-bond donors (Lipinski definition) is 2. The first-order valence-corrected chi connectivity index (χ1v) is 7.94. The van der Waals surface area contributed by atoms with Crippen molar-refractivity contribution in [2.24, 2.45) is 5.92 Å². The maximum Gasteiger partial charge on any atom is 0.0702 e. The molecule has 1 saturated carbocycles. The monoisotopic (exact) mass is 270 g/mol. The number of hydrogen-bond acceptors (Lipinski definition) is 4. The van der Waals surface area contributed by atoms with Crippen molar-refractivity contribution in [1.29, 1.82) is 0 Å². The van der Waals surface area contributed by atoms with Crippen LogP contribution in [0.4, 0.5) is 0 Å². The number of nitrogens with zero attached hydrogens (tertiary/aromatic N) is 1. The zero-order chi connectivity index (χ0) is 13.7. The SMILES string of the molecule is CCNC(CO)(CN(CC)CC1CCCO1)C1CC1. The lowest BCUT2D eigenvalue weighted by atomic mass is 9.93. The highest BCUT2D eigenvalue weighted by atomic mass is 16.5. The summed E-state index contributed by atoms with van der Waals surface area (Å²) in [7, 11) is 0. The van der Waals surface area contributed by atoms with E-state index in [4.69, 9.17) is 4.74 Å². The number of nitrogens with one attached hydrogen (secondary N) is 1. The maximum absolute atomic E-state index is 9.90. The van der Waals surface area contributed by atoms with Gasteiger partial charge in [0, 0.05) is 19.7 Å². The molecule has 2 aliphatic rings. The van der Waals surface area contributed by atoms with Crippen LogP contribution in [0.25, 0.3) is 0 Å².